The summed E-state index contributed by atoms with van der Waals surface area (Å²) >= 11 is 5.51. The van der Waals surface area contributed by atoms with Crippen LogP contribution in [0.15, 0.2) is 19.8 Å². The van der Waals surface area contributed by atoms with Crippen LogP contribution in [0.25, 0.3) is 11.1 Å². The minimum atomic E-state index is -1.83. The van der Waals surface area contributed by atoms with Gasteiger partial charge in [0, 0.05) is 11.1 Å². The lowest BCUT2D eigenvalue weighted by Crippen LogP contribution is -2.24. The Labute approximate surface area is 148 Å². The first-order chi connectivity index (χ1) is 11.1. The zero-order chi connectivity index (χ0) is 18.3. The van der Waals surface area contributed by atoms with E-state index in [1.807, 2.05) is 4.98 Å². The average molecular weight is 468 g/mol. The van der Waals surface area contributed by atoms with Crippen LogP contribution in [0.3, 0.4) is 0 Å². The van der Waals surface area contributed by atoms with E-state index in [0.29, 0.717) is 6.07 Å². The molecule has 0 spiro atoms. The number of hydrogen-bond donors (Lipinski definition) is 4. The number of aromatic carboxylic acids is 2. The van der Waals surface area contributed by atoms with Gasteiger partial charge in [0.05, 0.1) is 8.95 Å². The fraction of sp³-hybridized carbons (Fsp3) is 0. The molecule has 5 N–H and O–H groups in total. The molecular weight excluding hydrogens is 462 g/mol. The molecule has 1 aromatic carbocycles. The van der Waals surface area contributed by atoms with E-state index in [9.17, 15) is 33.4 Å². The number of nitrogens with one attached hydrogen (secondary N) is 1. The van der Waals surface area contributed by atoms with E-state index in [0.717, 1.165) is 0 Å². The number of aromatic nitrogens is 1. The number of hydrogen-bond acceptors (Lipinski definition) is 4. The smallest absolute Gasteiger partial charge is 0.342 e. The second kappa shape index (κ2) is 6.32. The lowest BCUT2D eigenvalue weighted by molar-refractivity contribution is 0.0695. The van der Waals surface area contributed by atoms with Crippen LogP contribution >= 0.6 is 31.9 Å². The molecule has 0 unspecified atom stereocenters. The largest absolute Gasteiger partial charge is 0.478 e. The lowest BCUT2D eigenvalue weighted by atomic mass is 9.95. The molecule has 0 amide bonds. The first kappa shape index (κ1) is 18.1. The zero-order valence-corrected chi connectivity index (χ0v) is 14.5. The van der Waals surface area contributed by atoms with Crippen LogP contribution in [0.5, 0.6) is 0 Å². The highest BCUT2D eigenvalue weighted by molar-refractivity contribution is 9.11. The molecular formula is C13H6Br2F2N2O5. The van der Waals surface area contributed by atoms with Crippen LogP contribution in [0.1, 0.15) is 20.7 Å². The molecule has 0 aliphatic carbocycles. The highest BCUT2D eigenvalue weighted by Gasteiger charge is 2.31. The maximum atomic E-state index is 14.4. The van der Waals surface area contributed by atoms with Crippen LogP contribution in [0.4, 0.5) is 14.6 Å². The Morgan fingerprint density at radius 3 is 2.12 bits per heavy atom. The summed E-state index contributed by atoms with van der Waals surface area (Å²) in [5, 5.41) is 18.5. The van der Waals surface area contributed by atoms with Gasteiger partial charge in [0.25, 0.3) is 5.56 Å². The monoisotopic (exact) mass is 466 g/mol. The molecule has 2 aromatic rings. The minimum Gasteiger partial charge on any atom is -0.478 e. The Balaban J connectivity index is 3.15. The lowest BCUT2D eigenvalue weighted by Gasteiger charge is -2.15. The van der Waals surface area contributed by atoms with Gasteiger partial charge in [-0.05, 0) is 37.9 Å². The summed E-state index contributed by atoms with van der Waals surface area (Å²) in [5.41, 5.74) is 0.637. The average Bonchev–Trinajstić information content (AvgIpc) is 2.43. The molecule has 1 aromatic heterocycles. The summed E-state index contributed by atoms with van der Waals surface area (Å²) in [7, 11) is 0. The molecule has 126 valence electrons. The van der Waals surface area contributed by atoms with E-state index in [4.69, 9.17) is 5.73 Å². The molecule has 24 heavy (non-hydrogen) atoms. The van der Waals surface area contributed by atoms with Crippen molar-refractivity contribution in [2.45, 2.75) is 0 Å². The van der Waals surface area contributed by atoms with Crippen LogP contribution in [-0.4, -0.2) is 27.1 Å². The number of rotatable bonds is 3. The van der Waals surface area contributed by atoms with Gasteiger partial charge in [-0.3, -0.25) is 4.79 Å². The van der Waals surface area contributed by atoms with E-state index in [-0.39, 0.29) is 4.47 Å². The van der Waals surface area contributed by atoms with Crippen LogP contribution in [0.2, 0.25) is 0 Å². The molecule has 1 heterocycles. The van der Waals surface area contributed by atoms with Crippen molar-refractivity contribution in [2.24, 2.45) is 0 Å². The predicted molar refractivity (Wildman–Crippen MR) is 86.1 cm³/mol. The Morgan fingerprint density at radius 2 is 1.62 bits per heavy atom. The number of aromatic amines is 1. The van der Waals surface area contributed by atoms with E-state index in [1.165, 1.54) is 0 Å². The van der Waals surface area contributed by atoms with Crippen molar-refractivity contribution >= 4 is 49.6 Å². The van der Waals surface area contributed by atoms with E-state index in [2.05, 4.69) is 31.9 Å². The van der Waals surface area contributed by atoms with Crippen molar-refractivity contribution in [3.05, 3.63) is 48.1 Å². The van der Waals surface area contributed by atoms with Gasteiger partial charge in [0.1, 0.15) is 22.8 Å². The summed E-state index contributed by atoms with van der Waals surface area (Å²) in [5.74, 6) is -6.43. The summed E-state index contributed by atoms with van der Waals surface area (Å²) in [6.07, 6.45) is 0. The molecule has 0 saturated carbocycles. The van der Waals surface area contributed by atoms with Crippen LogP contribution < -0.4 is 11.3 Å². The van der Waals surface area contributed by atoms with E-state index < -0.39 is 61.7 Å². The quantitative estimate of drug-likeness (QED) is 0.405. The molecule has 0 fully saturated rings. The first-order valence-corrected chi connectivity index (χ1v) is 7.52. The van der Waals surface area contributed by atoms with Crippen molar-refractivity contribution < 1.29 is 28.6 Å². The second-order valence-electron chi connectivity index (χ2n) is 4.45. The minimum absolute atomic E-state index is 0.290. The third-order valence-electron chi connectivity index (χ3n) is 3.04. The second-order valence-corrected chi connectivity index (χ2v) is 6.09. The van der Waals surface area contributed by atoms with Gasteiger partial charge in [-0.1, -0.05) is 0 Å². The molecule has 11 heteroatoms. The topological polar surface area (TPSA) is 133 Å². The molecule has 0 atom stereocenters. The van der Waals surface area contributed by atoms with Gasteiger partial charge in [0.2, 0.25) is 0 Å². The van der Waals surface area contributed by atoms with Gasteiger partial charge in [-0.15, -0.1) is 0 Å². The van der Waals surface area contributed by atoms with Crippen molar-refractivity contribution in [3.8, 4) is 11.1 Å². The van der Waals surface area contributed by atoms with Crippen LogP contribution in [0, 0.1) is 11.6 Å². The van der Waals surface area contributed by atoms with Gasteiger partial charge < -0.3 is 20.9 Å². The van der Waals surface area contributed by atoms with Gasteiger partial charge in [0.15, 0.2) is 5.82 Å². The molecule has 7 nitrogen and oxygen atoms in total. The summed E-state index contributed by atoms with van der Waals surface area (Å²) in [6, 6.07) is 0.671. The number of nitrogens with two attached hydrogens (primary N) is 1. The molecule has 0 radical (unpaired) electrons. The van der Waals surface area contributed by atoms with Crippen molar-refractivity contribution in [2.75, 3.05) is 5.73 Å². The maximum Gasteiger partial charge on any atom is 0.342 e. The number of H-pyrrole nitrogens is 1. The highest BCUT2D eigenvalue weighted by atomic mass is 79.9. The Kier molecular flexibility index (Phi) is 4.76. The Hall–Kier alpha value is -2.27. The Morgan fingerprint density at radius 1 is 1.08 bits per heavy atom. The summed E-state index contributed by atoms with van der Waals surface area (Å²) < 4.78 is 27.6. The number of carboxylic acid groups (broad SMARTS) is 2. The summed E-state index contributed by atoms with van der Waals surface area (Å²) in [4.78, 5) is 36.6. The van der Waals surface area contributed by atoms with Gasteiger partial charge in [-0.25, -0.2) is 18.4 Å². The fourth-order valence-corrected chi connectivity index (χ4v) is 3.36. The number of nitrogen functional groups attached to an aromatic ring is 1. The molecule has 0 aliphatic heterocycles. The van der Waals surface area contributed by atoms with E-state index >= 15 is 0 Å². The predicted octanol–water partition coefficient (Wildman–Crippen LogP) is 2.82. The molecule has 2 rings (SSSR count). The van der Waals surface area contributed by atoms with Crippen molar-refractivity contribution in [3.63, 3.8) is 0 Å². The fourth-order valence-electron chi connectivity index (χ4n) is 2.09. The number of pyridine rings is 1. The normalized spacial score (nSPS) is 10.7. The third-order valence-corrected chi connectivity index (χ3v) is 4.36. The zero-order valence-electron chi connectivity index (χ0n) is 11.3. The number of carboxylic acids is 2. The molecule has 0 bridgehead atoms. The van der Waals surface area contributed by atoms with Crippen molar-refractivity contribution in [1.82, 2.24) is 4.98 Å². The number of benzene rings is 1. The first-order valence-electron chi connectivity index (χ1n) is 5.93. The van der Waals surface area contributed by atoms with Gasteiger partial charge >= 0.3 is 11.9 Å². The van der Waals surface area contributed by atoms with E-state index in [1.54, 1.807) is 0 Å². The number of carbonyl (C=O) groups is 2. The molecule has 0 saturated heterocycles. The van der Waals surface area contributed by atoms with Crippen LogP contribution in [-0.2, 0) is 0 Å². The SMILES string of the molecule is Nc1[nH]c(=O)c(C(=O)O)c(-c2c(F)cc(Br)c(F)c2Br)c1C(=O)O. The Bertz CT molecular complexity index is 959. The standard InChI is InChI=1S/C13H6Br2F2N2O5/c14-2-1-3(16)4(8(15)9(2)17)5-6(12(21)22)10(18)19-11(20)7(5)13(23)24/h1H,(H,21,22)(H,23,24)(H3,18,19,20). The maximum absolute atomic E-state index is 14.4. The van der Waals surface area contributed by atoms with Crippen molar-refractivity contribution in [1.29, 1.82) is 0 Å². The number of halogens is 4. The third kappa shape index (κ3) is 2.80. The van der Waals surface area contributed by atoms with Gasteiger partial charge in [-0.2, -0.15) is 0 Å². The summed E-state index contributed by atoms with van der Waals surface area (Å²) in [6.45, 7) is 0. The highest BCUT2D eigenvalue weighted by Crippen LogP contribution is 2.40. The molecule has 0 aliphatic rings. The number of anilines is 1.